The van der Waals surface area contributed by atoms with Crippen molar-refractivity contribution in [1.82, 2.24) is 0 Å². The van der Waals surface area contributed by atoms with Crippen LogP contribution in [-0.4, -0.2) is 125 Å². The van der Waals surface area contributed by atoms with Gasteiger partial charge >= 0.3 is 0 Å². The van der Waals surface area contributed by atoms with Crippen LogP contribution in [0.2, 0.25) is 0 Å². The number of halogens is 1. The highest BCUT2D eigenvalue weighted by Gasteiger charge is 1.95. The molecule has 0 radical (unpaired) electrons. The van der Waals surface area contributed by atoms with E-state index < -0.39 is 0 Å². The SMILES string of the molecule is COCCOCCOCCOCCOCCOCCOCCOCCOCCBr. The van der Waals surface area contributed by atoms with Crippen LogP contribution in [0.4, 0.5) is 0 Å². The predicted molar refractivity (Wildman–Crippen MR) is 112 cm³/mol. The Bertz CT molecular complexity index is 262. The lowest BCUT2D eigenvalue weighted by atomic mass is 10.6. The maximum atomic E-state index is 5.42. The van der Waals surface area contributed by atoms with Crippen LogP contribution in [0.5, 0.6) is 0 Å². The van der Waals surface area contributed by atoms with E-state index >= 15 is 0 Å². The molecule has 29 heavy (non-hydrogen) atoms. The minimum absolute atomic E-state index is 0.538. The van der Waals surface area contributed by atoms with Crippen molar-refractivity contribution < 1.29 is 42.6 Å². The molecule has 0 atom stereocenters. The fraction of sp³-hybridized carbons (Fsp3) is 1.00. The molecule has 0 saturated carbocycles. The minimum atomic E-state index is 0.538. The average molecular weight is 491 g/mol. The van der Waals surface area contributed by atoms with Gasteiger partial charge in [-0.25, -0.2) is 0 Å². The molecule has 0 spiro atoms. The monoisotopic (exact) mass is 490 g/mol. The van der Waals surface area contributed by atoms with Crippen LogP contribution >= 0.6 is 15.9 Å². The van der Waals surface area contributed by atoms with Gasteiger partial charge in [-0.1, -0.05) is 15.9 Å². The number of ether oxygens (including phenoxy) is 9. The Morgan fingerprint density at radius 1 is 0.345 bits per heavy atom. The Hall–Kier alpha value is 0.120. The van der Waals surface area contributed by atoms with Crippen LogP contribution in [0.3, 0.4) is 0 Å². The number of methoxy groups -OCH3 is 1. The van der Waals surface area contributed by atoms with E-state index in [-0.39, 0.29) is 0 Å². The zero-order valence-corrected chi connectivity index (χ0v) is 19.4. The molecule has 0 fully saturated rings. The van der Waals surface area contributed by atoms with Gasteiger partial charge in [-0.2, -0.15) is 0 Å². The highest BCUT2D eigenvalue weighted by atomic mass is 79.9. The lowest BCUT2D eigenvalue weighted by Gasteiger charge is -2.08. The third-order valence-corrected chi connectivity index (χ3v) is 3.58. The van der Waals surface area contributed by atoms with Crippen LogP contribution in [0.15, 0.2) is 0 Å². The summed E-state index contributed by atoms with van der Waals surface area (Å²) in [5.41, 5.74) is 0. The first kappa shape index (κ1) is 29.1. The van der Waals surface area contributed by atoms with Crippen molar-refractivity contribution in [3.05, 3.63) is 0 Å². The second-order valence-electron chi connectivity index (χ2n) is 5.58. The summed E-state index contributed by atoms with van der Waals surface area (Å²) in [5.74, 6) is 0. The Morgan fingerprint density at radius 3 is 0.759 bits per heavy atom. The summed E-state index contributed by atoms with van der Waals surface area (Å²) in [6.45, 7) is 9.68. The number of alkyl halides is 1. The maximum absolute atomic E-state index is 5.42. The van der Waals surface area contributed by atoms with E-state index in [1.807, 2.05) is 0 Å². The molecule has 0 aliphatic rings. The van der Waals surface area contributed by atoms with Crippen molar-refractivity contribution in [2.45, 2.75) is 0 Å². The van der Waals surface area contributed by atoms with Crippen LogP contribution in [-0.2, 0) is 42.6 Å². The van der Waals surface area contributed by atoms with Crippen molar-refractivity contribution in [2.24, 2.45) is 0 Å². The first-order valence-electron chi connectivity index (χ1n) is 10.1. The van der Waals surface area contributed by atoms with Crippen molar-refractivity contribution >= 4 is 15.9 Å². The topological polar surface area (TPSA) is 83.1 Å². The number of hydrogen-bond donors (Lipinski definition) is 0. The number of rotatable bonds is 26. The van der Waals surface area contributed by atoms with Gasteiger partial charge in [0.2, 0.25) is 0 Å². The minimum Gasteiger partial charge on any atom is -0.382 e. The third-order valence-electron chi connectivity index (χ3n) is 3.26. The summed E-state index contributed by atoms with van der Waals surface area (Å²) in [7, 11) is 1.65. The largest absolute Gasteiger partial charge is 0.382 e. The Morgan fingerprint density at radius 2 is 0.552 bits per heavy atom. The predicted octanol–water partition coefficient (Wildman–Crippen LogP) is 1.16. The molecule has 0 aromatic carbocycles. The fourth-order valence-corrected chi connectivity index (χ4v) is 2.07. The van der Waals surface area contributed by atoms with Gasteiger partial charge in [0.25, 0.3) is 0 Å². The van der Waals surface area contributed by atoms with E-state index in [0.29, 0.717) is 112 Å². The van der Waals surface area contributed by atoms with E-state index in [1.165, 1.54) is 0 Å². The Kier molecular flexibility index (Phi) is 28.2. The molecule has 0 amide bonds. The summed E-state index contributed by atoms with van der Waals surface area (Å²) >= 11 is 3.29. The summed E-state index contributed by atoms with van der Waals surface area (Å²) in [5, 5.41) is 0.845. The van der Waals surface area contributed by atoms with E-state index in [9.17, 15) is 0 Å². The maximum Gasteiger partial charge on any atom is 0.0701 e. The first-order valence-corrected chi connectivity index (χ1v) is 11.2. The molecule has 0 saturated heterocycles. The van der Waals surface area contributed by atoms with Gasteiger partial charge in [-0.05, 0) is 0 Å². The average Bonchev–Trinajstić information content (AvgIpc) is 2.74. The highest BCUT2D eigenvalue weighted by Crippen LogP contribution is 1.86. The third kappa shape index (κ3) is 28.1. The first-order chi connectivity index (χ1) is 14.4. The molecule has 9 nitrogen and oxygen atoms in total. The molecule has 0 aromatic heterocycles. The molecular formula is C19H39BrO9. The standard InChI is InChI=1S/C19H39BrO9/c1-21-4-5-23-8-9-25-12-13-27-16-17-29-19-18-28-15-14-26-11-10-24-7-6-22-3-2-20/h2-19H2,1H3. The summed E-state index contributed by atoms with van der Waals surface area (Å²) < 4.78 is 47.8. The lowest BCUT2D eigenvalue weighted by Crippen LogP contribution is -2.15. The van der Waals surface area contributed by atoms with Crippen molar-refractivity contribution in [3.8, 4) is 0 Å². The van der Waals surface area contributed by atoms with E-state index in [0.717, 1.165) is 5.33 Å². The summed E-state index contributed by atoms with van der Waals surface area (Å²) in [6, 6.07) is 0. The highest BCUT2D eigenvalue weighted by molar-refractivity contribution is 9.09. The Labute approximate surface area is 183 Å². The lowest BCUT2D eigenvalue weighted by molar-refractivity contribution is -0.0240. The summed E-state index contributed by atoms with van der Waals surface area (Å²) in [4.78, 5) is 0. The smallest absolute Gasteiger partial charge is 0.0701 e. The van der Waals surface area contributed by atoms with Crippen molar-refractivity contribution in [3.63, 3.8) is 0 Å². The zero-order chi connectivity index (χ0) is 21.1. The van der Waals surface area contributed by atoms with Gasteiger partial charge in [0.1, 0.15) is 0 Å². The van der Waals surface area contributed by atoms with Gasteiger partial charge in [0, 0.05) is 12.4 Å². The normalized spacial score (nSPS) is 11.4. The van der Waals surface area contributed by atoms with Crippen molar-refractivity contribution in [2.75, 3.05) is 125 Å². The fourth-order valence-electron chi connectivity index (χ4n) is 1.84. The van der Waals surface area contributed by atoms with Gasteiger partial charge in [0.15, 0.2) is 0 Å². The molecule has 0 N–H and O–H groups in total. The van der Waals surface area contributed by atoms with E-state index in [4.69, 9.17) is 42.6 Å². The van der Waals surface area contributed by atoms with Crippen molar-refractivity contribution in [1.29, 1.82) is 0 Å². The Balaban J connectivity index is 2.97. The van der Waals surface area contributed by atoms with Crippen LogP contribution in [0.25, 0.3) is 0 Å². The molecule has 0 bridgehead atoms. The molecule has 0 rings (SSSR count). The number of hydrogen-bond acceptors (Lipinski definition) is 9. The molecule has 10 heteroatoms. The molecule has 0 aliphatic heterocycles. The van der Waals surface area contributed by atoms with E-state index in [1.54, 1.807) is 7.11 Å². The molecule has 176 valence electrons. The molecular weight excluding hydrogens is 452 g/mol. The van der Waals surface area contributed by atoms with Gasteiger partial charge in [-0.15, -0.1) is 0 Å². The van der Waals surface area contributed by atoms with Gasteiger partial charge < -0.3 is 42.6 Å². The summed E-state index contributed by atoms with van der Waals surface area (Å²) in [6.07, 6.45) is 0. The zero-order valence-electron chi connectivity index (χ0n) is 17.8. The van der Waals surface area contributed by atoms with Crippen LogP contribution in [0.1, 0.15) is 0 Å². The van der Waals surface area contributed by atoms with Gasteiger partial charge in [-0.3, -0.25) is 0 Å². The molecule has 0 aliphatic carbocycles. The van der Waals surface area contributed by atoms with Gasteiger partial charge in [0.05, 0.1) is 112 Å². The van der Waals surface area contributed by atoms with Crippen LogP contribution < -0.4 is 0 Å². The van der Waals surface area contributed by atoms with Crippen LogP contribution in [0, 0.1) is 0 Å². The van der Waals surface area contributed by atoms with E-state index in [2.05, 4.69) is 15.9 Å². The quantitative estimate of drug-likeness (QED) is 0.131. The molecule has 0 unspecified atom stereocenters. The molecule has 0 aromatic rings. The second-order valence-corrected chi connectivity index (χ2v) is 6.37. The second kappa shape index (κ2) is 28.1. The molecule has 0 heterocycles.